The van der Waals surface area contributed by atoms with Gasteiger partial charge < -0.3 is 14.6 Å². The number of aromatic amines is 1. The Labute approximate surface area is 160 Å². The minimum atomic E-state index is -0.234. The van der Waals surface area contributed by atoms with Gasteiger partial charge in [-0.15, -0.1) is 0 Å². The van der Waals surface area contributed by atoms with Gasteiger partial charge in [-0.2, -0.15) is 0 Å². The molecule has 1 amide bonds. The lowest BCUT2D eigenvalue weighted by Gasteiger charge is -2.33. The van der Waals surface area contributed by atoms with Gasteiger partial charge in [-0.05, 0) is 36.8 Å². The molecule has 1 aliphatic heterocycles. The number of nitrogens with zero attached hydrogens (tertiary/aromatic N) is 2. The maximum absolute atomic E-state index is 13.1. The molecule has 26 heavy (non-hydrogen) atoms. The summed E-state index contributed by atoms with van der Waals surface area (Å²) >= 11 is 12.1. The molecule has 1 saturated heterocycles. The van der Waals surface area contributed by atoms with Gasteiger partial charge >= 0.3 is 0 Å². The Morgan fingerprint density at radius 2 is 2.12 bits per heavy atom. The average molecular weight is 390 g/mol. The van der Waals surface area contributed by atoms with Crippen LogP contribution in [0.2, 0.25) is 10.0 Å². The number of aryl methyl sites for hydroxylation is 1. The number of amides is 1. The van der Waals surface area contributed by atoms with Crippen molar-refractivity contribution in [2.45, 2.75) is 13.0 Å². The van der Waals surface area contributed by atoms with Gasteiger partial charge in [0.2, 0.25) is 0 Å². The molecular formula is C19H17Cl2N3O2. The predicted octanol–water partition coefficient (Wildman–Crippen LogP) is 4.39. The van der Waals surface area contributed by atoms with E-state index in [0.29, 0.717) is 40.8 Å². The summed E-state index contributed by atoms with van der Waals surface area (Å²) < 4.78 is 5.85. The van der Waals surface area contributed by atoms with Gasteiger partial charge in [-0.1, -0.05) is 35.3 Å². The van der Waals surface area contributed by atoms with Crippen LogP contribution in [0.5, 0.6) is 0 Å². The van der Waals surface area contributed by atoms with E-state index < -0.39 is 0 Å². The van der Waals surface area contributed by atoms with Crippen LogP contribution in [0.4, 0.5) is 0 Å². The molecule has 1 aromatic heterocycles. The number of H-pyrrole nitrogens is 1. The molecule has 1 fully saturated rings. The van der Waals surface area contributed by atoms with Crippen molar-refractivity contribution >= 4 is 40.1 Å². The van der Waals surface area contributed by atoms with E-state index in [4.69, 9.17) is 27.9 Å². The van der Waals surface area contributed by atoms with Crippen LogP contribution in [0, 0.1) is 6.92 Å². The third-order valence-corrected chi connectivity index (χ3v) is 5.27. The number of rotatable bonds is 2. The number of halogens is 2. The molecule has 5 nitrogen and oxygen atoms in total. The summed E-state index contributed by atoms with van der Waals surface area (Å²) in [6.45, 7) is 3.34. The van der Waals surface area contributed by atoms with Gasteiger partial charge in [-0.25, -0.2) is 4.98 Å². The number of benzene rings is 2. The highest BCUT2D eigenvalue weighted by molar-refractivity contribution is 6.42. The van der Waals surface area contributed by atoms with Crippen LogP contribution in [0.15, 0.2) is 36.4 Å². The lowest BCUT2D eigenvalue weighted by atomic mass is 10.1. The molecule has 1 N–H and O–H groups in total. The fraction of sp³-hybridized carbons (Fsp3) is 0.263. The molecule has 0 radical (unpaired) electrons. The van der Waals surface area contributed by atoms with E-state index in [1.54, 1.807) is 17.0 Å². The third-order valence-electron chi connectivity index (χ3n) is 4.53. The van der Waals surface area contributed by atoms with Crippen LogP contribution in [0.25, 0.3) is 11.0 Å². The Kier molecular flexibility index (Phi) is 4.61. The molecule has 2 aromatic carbocycles. The van der Waals surface area contributed by atoms with Crippen molar-refractivity contribution in [1.29, 1.82) is 0 Å². The van der Waals surface area contributed by atoms with Gasteiger partial charge in [0.1, 0.15) is 17.4 Å². The number of morpholine rings is 1. The molecule has 7 heteroatoms. The molecule has 3 aromatic rings. The number of hydrogen-bond donors (Lipinski definition) is 1. The van der Waals surface area contributed by atoms with Crippen LogP contribution in [0.1, 0.15) is 27.8 Å². The summed E-state index contributed by atoms with van der Waals surface area (Å²) in [7, 11) is 0. The quantitative estimate of drug-likeness (QED) is 0.706. The largest absolute Gasteiger partial charge is 0.370 e. The Hall–Kier alpha value is -2.08. The van der Waals surface area contributed by atoms with Gasteiger partial charge in [0.25, 0.3) is 5.91 Å². The molecule has 1 atom stereocenters. The zero-order valence-electron chi connectivity index (χ0n) is 14.1. The Bertz CT molecular complexity index is 986. The summed E-state index contributed by atoms with van der Waals surface area (Å²) in [5.41, 5.74) is 3.07. The molecule has 0 saturated carbocycles. The van der Waals surface area contributed by atoms with E-state index in [1.165, 1.54) is 0 Å². The van der Waals surface area contributed by atoms with E-state index in [1.807, 2.05) is 31.2 Å². The van der Waals surface area contributed by atoms with E-state index in [-0.39, 0.29) is 12.0 Å². The van der Waals surface area contributed by atoms with E-state index in [9.17, 15) is 4.79 Å². The first kappa shape index (κ1) is 17.3. The van der Waals surface area contributed by atoms with Crippen LogP contribution in [-0.2, 0) is 4.74 Å². The van der Waals surface area contributed by atoms with Crippen LogP contribution >= 0.6 is 23.2 Å². The second-order valence-corrected chi connectivity index (χ2v) is 7.12. The Balaban J connectivity index is 1.60. The predicted molar refractivity (Wildman–Crippen MR) is 102 cm³/mol. The number of ether oxygens (including phenoxy) is 1. The first-order valence-corrected chi connectivity index (χ1v) is 9.09. The molecular weight excluding hydrogens is 373 g/mol. The highest BCUT2D eigenvalue weighted by atomic mass is 35.5. The second-order valence-electron chi connectivity index (χ2n) is 6.31. The lowest BCUT2D eigenvalue weighted by molar-refractivity contribution is -0.0227. The fourth-order valence-corrected chi connectivity index (χ4v) is 3.55. The normalized spacial score (nSPS) is 17.7. The number of fused-ring (bicyclic) bond motifs is 1. The summed E-state index contributed by atoms with van der Waals surface area (Å²) in [6.07, 6.45) is -0.234. The number of nitrogens with one attached hydrogen (secondary N) is 1. The van der Waals surface area contributed by atoms with Crippen LogP contribution in [0.3, 0.4) is 0 Å². The maximum Gasteiger partial charge on any atom is 0.256 e. The average Bonchev–Trinajstić information content (AvgIpc) is 3.03. The number of imidazole rings is 1. The van der Waals surface area contributed by atoms with E-state index in [0.717, 1.165) is 16.9 Å². The zero-order valence-corrected chi connectivity index (χ0v) is 15.6. The Morgan fingerprint density at radius 3 is 2.92 bits per heavy atom. The van der Waals surface area contributed by atoms with Gasteiger partial charge in [0.05, 0.1) is 34.3 Å². The summed E-state index contributed by atoms with van der Waals surface area (Å²) in [5.74, 6) is 0.742. The van der Waals surface area contributed by atoms with Crippen LogP contribution in [-0.4, -0.2) is 40.5 Å². The van der Waals surface area contributed by atoms with Crippen molar-refractivity contribution in [3.63, 3.8) is 0 Å². The topological polar surface area (TPSA) is 58.2 Å². The standard InChI is InChI=1S/C19H17Cl2N3O2/c1-11-22-16-4-2-3-13(18(16)23-11)19(25)24-7-8-26-17(10-24)12-5-6-14(20)15(21)9-12/h2-6,9,17H,7-8,10H2,1H3,(H,22,23)/t17-/m0/s1. The molecule has 0 unspecified atom stereocenters. The SMILES string of the molecule is Cc1nc2c(C(=O)N3CCO[C@H](c4ccc(Cl)c(Cl)c4)C3)cccc2[nH]1. The maximum atomic E-state index is 13.1. The van der Waals surface area contributed by atoms with Gasteiger partial charge in [0.15, 0.2) is 0 Å². The highest BCUT2D eigenvalue weighted by Crippen LogP contribution is 2.30. The van der Waals surface area contributed by atoms with Crippen molar-refractivity contribution in [3.8, 4) is 0 Å². The van der Waals surface area contributed by atoms with Crippen molar-refractivity contribution in [2.75, 3.05) is 19.7 Å². The summed E-state index contributed by atoms with van der Waals surface area (Å²) in [6, 6.07) is 11.0. The molecule has 0 aliphatic carbocycles. The number of carbonyl (C=O) groups excluding carboxylic acids is 1. The van der Waals surface area contributed by atoms with Crippen molar-refractivity contribution in [3.05, 3.63) is 63.4 Å². The minimum Gasteiger partial charge on any atom is -0.370 e. The molecule has 1 aliphatic rings. The van der Waals surface area contributed by atoms with E-state index in [2.05, 4.69) is 9.97 Å². The van der Waals surface area contributed by atoms with Crippen molar-refractivity contribution in [2.24, 2.45) is 0 Å². The minimum absolute atomic E-state index is 0.0459. The fourth-order valence-electron chi connectivity index (χ4n) is 3.25. The summed E-state index contributed by atoms with van der Waals surface area (Å²) in [5, 5.41) is 0.979. The molecule has 0 spiro atoms. The molecule has 134 valence electrons. The number of hydrogen-bond acceptors (Lipinski definition) is 3. The first-order valence-electron chi connectivity index (χ1n) is 8.34. The molecule has 0 bridgehead atoms. The van der Waals surface area contributed by atoms with E-state index >= 15 is 0 Å². The third kappa shape index (κ3) is 3.18. The van der Waals surface area contributed by atoms with Crippen molar-refractivity contribution in [1.82, 2.24) is 14.9 Å². The summed E-state index contributed by atoms with van der Waals surface area (Å²) in [4.78, 5) is 22.5. The van der Waals surface area contributed by atoms with Gasteiger partial charge in [0, 0.05) is 6.54 Å². The monoisotopic (exact) mass is 389 g/mol. The van der Waals surface area contributed by atoms with Gasteiger partial charge in [-0.3, -0.25) is 4.79 Å². The van der Waals surface area contributed by atoms with Crippen LogP contribution < -0.4 is 0 Å². The zero-order chi connectivity index (χ0) is 18.3. The highest BCUT2D eigenvalue weighted by Gasteiger charge is 2.27. The number of carbonyl (C=O) groups is 1. The smallest absolute Gasteiger partial charge is 0.256 e. The number of para-hydroxylation sites is 1. The molecule has 4 rings (SSSR count). The molecule has 2 heterocycles. The Morgan fingerprint density at radius 1 is 1.27 bits per heavy atom. The first-order chi connectivity index (χ1) is 12.5. The van der Waals surface area contributed by atoms with Crippen molar-refractivity contribution < 1.29 is 9.53 Å². The lowest BCUT2D eigenvalue weighted by Crippen LogP contribution is -2.42. The number of aromatic nitrogens is 2. The second kappa shape index (κ2) is 6.91.